The Morgan fingerprint density at radius 2 is 1.84 bits per heavy atom. The summed E-state index contributed by atoms with van der Waals surface area (Å²) in [6.45, 7) is 1.76. The minimum atomic E-state index is -0.200. The Morgan fingerprint density at radius 1 is 1.04 bits per heavy atom. The standard InChI is InChI=1S/C18H18FN5S/c19-14-5-1-2-6-15(14)21-13-8-11-24(12-9-13)18-23-22-17(25-18)16-7-3-4-10-20-16/h1-7,10,13,21H,8-9,11-12H2. The zero-order valence-corrected chi connectivity index (χ0v) is 14.4. The predicted molar refractivity (Wildman–Crippen MR) is 98.4 cm³/mol. The molecule has 0 unspecified atom stereocenters. The van der Waals surface area contributed by atoms with Crippen LogP contribution in [0.15, 0.2) is 48.7 Å². The number of rotatable bonds is 4. The summed E-state index contributed by atoms with van der Waals surface area (Å²) < 4.78 is 13.8. The summed E-state index contributed by atoms with van der Waals surface area (Å²) in [7, 11) is 0. The van der Waals surface area contributed by atoms with Crippen molar-refractivity contribution >= 4 is 22.2 Å². The van der Waals surface area contributed by atoms with E-state index in [1.165, 1.54) is 6.07 Å². The molecule has 7 heteroatoms. The normalized spacial score (nSPS) is 15.3. The summed E-state index contributed by atoms with van der Waals surface area (Å²) in [5, 5.41) is 13.6. The summed E-state index contributed by atoms with van der Waals surface area (Å²) in [5.74, 6) is -0.200. The molecule has 1 fully saturated rings. The van der Waals surface area contributed by atoms with Gasteiger partial charge in [-0.1, -0.05) is 29.5 Å². The maximum absolute atomic E-state index is 13.8. The third-order valence-electron chi connectivity index (χ3n) is 4.30. The zero-order chi connectivity index (χ0) is 17.1. The minimum Gasteiger partial charge on any atom is -0.380 e. The highest BCUT2D eigenvalue weighted by molar-refractivity contribution is 7.18. The van der Waals surface area contributed by atoms with Gasteiger partial charge in [-0.25, -0.2) is 4.39 Å². The molecule has 25 heavy (non-hydrogen) atoms. The van der Waals surface area contributed by atoms with Crippen molar-refractivity contribution in [3.8, 4) is 10.7 Å². The van der Waals surface area contributed by atoms with Gasteiger partial charge in [-0.2, -0.15) is 0 Å². The van der Waals surface area contributed by atoms with Gasteiger partial charge in [0.25, 0.3) is 0 Å². The first-order valence-corrected chi connectivity index (χ1v) is 9.12. The van der Waals surface area contributed by atoms with Crippen molar-refractivity contribution in [3.63, 3.8) is 0 Å². The maximum Gasteiger partial charge on any atom is 0.208 e. The Hall–Kier alpha value is -2.54. The van der Waals surface area contributed by atoms with Crippen LogP contribution in [0.4, 0.5) is 15.2 Å². The van der Waals surface area contributed by atoms with Gasteiger partial charge in [0.15, 0.2) is 5.01 Å². The average molecular weight is 355 g/mol. The van der Waals surface area contributed by atoms with E-state index in [0.717, 1.165) is 41.8 Å². The fourth-order valence-electron chi connectivity index (χ4n) is 2.95. The van der Waals surface area contributed by atoms with Crippen molar-refractivity contribution in [1.29, 1.82) is 0 Å². The monoisotopic (exact) mass is 355 g/mol. The van der Waals surface area contributed by atoms with Gasteiger partial charge < -0.3 is 10.2 Å². The molecular weight excluding hydrogens is 337 g/mol. The maximum atomic E-state index is 13.8. The van der Waals surface area contributed by atoms with Gasteiger partial charge in [-0.05, 0) is 37.1 Å². The van der Waals surface area contributed by atoms with Gasteiger partial charge in [-0.15, -0.1) is 10.2 Å². The lowest BCUT2D eigenvalue weighted by atomic mass is 10.1. The molecule has 4 rings (SSSR count). The highest BCUT2D eigenvalue weighted by atomic mass is 32.1. The molecule has 3 heterocycles. The fourth-order valence-corrected chi connectivity index (χ4v) is 3.82. The molecule has 3 aromatic rings. The molecule has 0 radical (unpaired) electrons. The van der Waals surface area contributed by atoms with Gasteiger partial charge in [0, 0.05) is 25.3 Å². The van der Waals surface area contributed by atoms with E-state index in [2.05, 4.69) is 25.4 Å². The first-order chi connectivity index (χ1) is 12.3. The average Bonchev–Trinajstić information content (AvgIpc) is 3.15. The molecule has 1 aliphatic rings. The van der Waals surface area contributed by atoms with E-state index in [1.54, 1.807) is 29.7 Å². The van der Waals surface area contributed by atoms with Crippen LogP contribution in [-0.2, 0) is 0 Å². The number of nitrogens with one attached hydrogen (secondary N) is 1. The lowest BCUT2D eigenvalue weighted by molar-refractivity contribution is 0.521. The van der Waals surface area contributed by atoms with Crippen LogP contribution >= 0.6 is 11.3 Å². The molecule has 1 N–H and O–H groups in total. The number of halogens is 1. The second-order valence-corrected chi connectivity index (χ2v) is 6.95. The number of hydrogen-bond donors (Lipinski definition) is 1. The van der Waals surface area contributed by atoms with E-state index in [-0.39, 0.29) is 11.9 Å². The van der Waals surface area contributed by atoms with Crippen molar-refractivity contribution in [3.05, 3.63) is 54.5 Å². The van der Waals surface area contributed by atoms with Crippen molar-refractivity contribution in [1.82, 2.24) is 15.2 Å². The van der Waals surface area contributed by atoms with Crippen molar-refractivity contribution < 1.29 is 4.39 Å². The number of piperidine rings is 1. The van der Waals surface area contributed by atoms with Crippen LogP contribution in [0.3, 0.4) is 0 Å². The Kier molecular flexibility index (Phi) is 4.56. The molecule has 0 amide bonds. The number of aromatic nitrogens is 3. The van der Waals surface area contributed by atoms with Crippen LogP contribution in [0.5, 0.6) is 0 Å². The number of nitrogens with zero attached hydrogens (tertiary/aromatic N) is 4. The Labute approximate surface area is 149 Å². The number of para-hydroxylation sites is 1. The third kappa shape index (κ3) is 3.61. The molecule has 2 aromatic heterocycles. The van der Waals surface area contributed by atoms with Crippen LogP contribution in [0.1, 0.15) is 12.8 Å². The highest BCUT2D eigenvalue weighted by Gasteiger charge is 2.22. The molecule has 0 atom stereocenters. The summed E-state index contributed by atoms with van der Waals surface area (Å²) in [4.78, 5) is 6.56. The van der Waals surface area contributed by atoms with E-state index in [0.29, 0.717) is 5.69 Å². The summed E-state index contributed by atoms with van der Waals surface area (Å²) >= 11 is 1.56. The van der Waals surface area contributed by atoms with Crippen LogP contribution < -0.4 is 10.2 Å². The summed E-state index contributed by atoms with van der Waals surface area (Å²) in [5.41, 5.74) is 1.43. The van der Waals surface area contributed by atoms with Crippen LogP contribution in [0.2, 0.25) is 0 Å². The Morgan fingerprint density at radius 3 is 2.60 bits per heavy atom. The Balaban J connectivity index is 1.38. The quantitative estimate of drug-likeness (QED) is 0.771. The molecule has 0 saturated carbocycles. The zero-order valence-electron chi connectivity index (χ0n) is 13.6. The summed E-state index contributed by atoms with van der Waals surface area (Å²) in [6.07, 6.45) is 3.63. The number of pyridine rings is 1. The molecule has 0 bridgehead atoms. The lowest BCUT2D eigenvalue weighted by Crippen LogP contribution is -2.39. The lowest BCUT2D eigenvalue weighted by Gasteiger charge is -2.32. The molecule has 1 saturated heterocycles. The second kappa shape index (κ2) is 7.14. The molecule has 0 spiro atoms. The predicted octanol–water partition coefficient (Wildman–Crippen LogP) is 3.82. The van der Waals surface area contributed by atoms with E-state index in [4.69, 9.17) is 0 Å². The molecular formula is C18H18FN5S. The molecule has 1 aromatic carbocycles. The van der Waals surface area contributed by atoms with Crippen LogP contribution in [-0.4, -0.2) is 34.3 Å². The van der Waals surface area contributed by atoms with E-state index >= 15 is 0 Å². The van der Waals surface area contributed by atoms with E-state index in [1.807, 2.05) is 24.3 Å². The van der Waals surface area contributed by atoms with Crippen LogP contribution in [0, 0.1) is 5.82 Å². The first-order valence-electron chi connectivity index (χ1n) is 8.30. The van der Waals surface area contributed by atoms with Gasteiger partial charge >= 0.3 is 0 Å². The minimum absolute atomic E-state index is 0.200. The molecule has 5 nitrogen and oxygen atoms in total. The second-order valence-electron chi connectivity index (χ2n) is 5.99. The summed E-state index contributed by atoms with van der Waals surface area (Å²) in [6, 6.07) is 12.9. The topological polar surface area (TPSA) is 53.9 Å². The van der Waals surface area contributed by atoms with Gasteiger partial charge in [0.2, 0.25) is 5.13 Å². The SMILES string of the molecule is Fc1ccccc1NC1CCN(c2nnc(-c3ccccn3)s2)CC1. The van der Waals surface area contributed by atoms with Gasteiger partial charge in [-0.3, -0.25) is 4.98 Å². The number of anilines is 2. The number of benzene rings is 1. The van der Waals surface area contributed by atoms with Gasteiger partial charge in [0.05, 0.1) is 5.69 Å². The van der Waals surface area contributed by atoms with E-state index < -0.39 is 0 Å². The smallest absolute Gasteiger partial charge is 0.208 e. The Bertz CT molecular complexity index is 830. The largest absolute Gasteiger partial charge is 0.380 e. The first kappa shape index (κ1) is 16.0. The highest BCUT2D eigenvalue weighted by Crippen LogP contribution is 2.29. The van der Waals surface area contributed by atoms with E-state index in [9.17, 15) is 4.39 Å². The molecule has 1 aliphatic heterocycles. The van der Waals surface area contributed by atoms with Crippen molar-refractivity contribution in [2.75, 3.05) is 23.3 Å². The van der Waals surface area contributed by atoms with Crippen molar-refractivity contribution in [2.45, 2.75) is 18.9 Å². The fraction of sp³-hybridized carbons (Fsp3) is 0.278. The van der Waals surface area contributed by atoms with Crippen molar-refractivity contribution in [2.24, 2.45) is 0 Å². The molecule has 0 aliphatic carbocycles. The number of hydrogen-bond acceptors (Lipinski definition) is 6. The van der Waals surface area contributed by atoms with Crippen LogP contribution in [0.25, 0.3) is 10.7 Å². The third-order valence-corrected chi connectivity index (χ3v) is 5.30. The molecule has 128 valence electrons. The van der Waals surface area contributed by atoms with Gasteiger partial charge in [0.1, 0.15) is 11.5 Å².